The van der Waals surface area contributed by atoms with Crippen LogP contribution in [0, 0.1) is 6.92 Å². The lowest BCUT2D eigenvalue weighted by Crippen LogP contribution is -1.93. The number of rotatable bonds is 2. The molecule has 0 radical (unpaired) electrons. The fraction of sp³-hybridized carbons (Fsp3) is 0.0400. The molecule has 6 rings (SSSR count). The molecule has 28 heavy (non-hydrogen) atoms. The number of fused-ring (bicyclic) bond motifs is 7. The van der Waals surface area contributed by atoms with Gasteiger partial charge in [0.25, 0.3) is 0 Å². The molecule has 0 saturated carbocycles. The van der Waals surface area contributed by atoms with Crippen LogP contribution in [-0.4, -0.2) is 0 Å². The minimum Gasteiger partial charge on any atom is -0.354 e. The van der Waals surface area contributed by atoms with Crippen molar-refractivity contribution in [3.8, 4) is 0 Å². The van der Waals surface area contributed by atoms with Crippen LogP contribution in [0.3, 0.4) is 0 Å². The predicted octanol–water partition coefficient (Wildman–Crippen LogP) is 8.47. The summed E-state index contributed by atoms with van der Waals surface area (Å²) in [6.07, 6.45) is 0. The molecule has 1 N–H and O–H groups in total. The first kappa shape index (κ1) is 16.1. The van der Waals surface area contributed by atoms with Gasteiger partial charge in [0.2, 0.25) is 0 Å². The zero-order valence-electron chi connectivity index (χ0n) is 15.3. The second kappa shape index (κ2) is 6.06. The first-order chi connectivity index (χ1) is 13.8. The molecular weight excluding hydrogens is 378 g/mol. The lowest BCUT2D eigenvalue weighted by atomic mass is 10.1. The lowest BCUT2D eigenvalue weighted by Gasteiger charge is -2.11. The predicted molar refractivity (Wildman–Crippen MR) is 127 cm³/mol. The van der Waals surface area contributed by atoms with E-state index in [0.717, 1.165) is 0 Å². The van der Waals surface area contributed by atoms with Gasteiger partial charge in [0.1, 0.15) is 0 Å². The highest BCUT2D eigenvalue weighted by Crippen LogP contribution is 2.48. The number of nitrogens with one attached hydrogen (secondary N) is 1. The zero-order valence-corrected chi connectivity index (χ0v) is 17.0. The molecular formula is C25H17NS2. The van der Waals surface area contributed by atoms with Crippen molar-refractivity contribution in [1.29, 1.82) is 0 Å². The molecule has 2 aromatic heterocycles. The molecule has 3 heteroatoms. The Morgan fingerprint density at radius 3 is 2.07 bits per heavy atom. The highest BCUT2D eigenvalue weighted by molar-refractivity contribution is 7.30. The van der Waals surface area contributed by atoms with Gasteiger partial charge < -0.3 is 5.32 Å². The van der Waals surface area contributed by atoms with E-state index in [1.807, 2.05) is 22.7 Å². The summed E-state index contributed by atoms with van der Waals surface area (Å²) in [5, 5.41) is 9.16. The Hall–Kier alpha value is -2.88. The second-order valence-electron chi connectivity index (χ2n) is 7.14. The van der Waals surface area contributed by atoms with Crippen LogP contribution in [0.2, 0.25) is 0 Å². The number of hydrogen-bond donors (Lipinski definition) is 1. The fourth-order valence-electron chi connectivity index (χ4n) is 4.02. The van der Waals surface area contributed by atoms with Crippen molar-refractivity contribution in [2.75, 3.05) is 5.32 Å². The molecule has 0 saturated heterocycles. The average Bonchev–Trinajstić information content (AvgIpc) is 3.28. The fourth-order valence-corrected chi connectivity index (χ4v) is 6.51. The number of thiophene rings is 2. The summed E-state index contributed by atoms with van der Waals surface area (Å²) in [4.78, 5) is 0. The van der Waals surface area contributed by atoms with Crippen LogP contribution in [0.5, 0.6) is 0 Å². The van der Waals surface area contributed by atoms with Crippen LogP contribution in [0.15, 0.2) is 78.9 Å². The van der Waals surface area contributed by atoms with E-state index in [-0.39, 0.29) is 0 Å². The largest absolute Gasteiger partial charge is 0.354 e. The number of anilines is 2. The van der Waals surface area contributed by atoms with Gasteiger partial charge >= 0.3 is 0 Å². The Morgan fingerprint density at radius 2 is 1.25 bits per heavy atom. The molecule has 0 atom stereocenters. The Morgan fingerprint density at radius 1 is 0.607 bits per heavy atom. The SMILES string of the molecule is Cc1ccccc1Nc1cc2c3ccccc3sc2c2c1sc1ccccc12. The summed E-state index contributed by atoms with van der Waals surface area (Å²) < 4.78 is 5.42. The van der Waals surface area contributed by atoms with E-state index in [2.05, 4.69) is 91.1 Å². The summed E-state index contributed by atoms with van der Waals surface area (Å²) >= 11 is 3.79. The van der Waals surface area contributed by atoms with Crippen LogP contribution >= 0.6 is 22.7 Å². The number of benzene rings is 4. The van der Waals surface area contributed by atoms with Crippen molar-refractivity contribution in [2.45, 2.75) is 6.92 Å². The monoisotopic (exact) mass is 395 g/mol. The van der Waals surface area contributed by atoms with E-state index in [1.54, 1.807) is 0 Å². The van der Waals surface area contributed by atoms with Crippen LogP contribution in [-0.2, 0) is 0 Å². The maximum absolute atomic E-state index is 3.74. The highest BCUT2D eigenvalue weighted by Gasteiger charge is 2.17. The van der Waals surface area contributed by atoms with Gasteiger partial charge in [-0.3, -0.25) is 0 Å². The summed E-state index contributed by atoms with van der Waals surface area (Å²) in [6.45, 7) is 2.16. The van der Waals surface area contributed by atoms with Crippen molar-refractivity contribution in [3.63, 3.8) is 0 Å². The minimum absolute atomic E-state index is 1.17. The van der Waals surface area contributed by atoms with E-state index in [4.69, 9.17) is 0 Å². The van der Waals surface area contributed by atoms with Crippen molar-refractivity contribution in [2.24, 2.45) is 0 Å². The van der Waals surface area contributed by atoms with Crippen molar-refractivity contribution >= 4 is 74.4 Å². The zero-order chi connectivity index (χ0) is 18.7. The van der Waals surface area contributed by atoms with Gasteiger partial charge in [-0.1, -0.05) is 54.6 Å². The Balaban J connectivity index is 1.77. The molecule has 0 amide bonds. The van der Waals surface area contributed by atoms with Crippen LogP contribution in [0.1, 0.15) is 5.56 Å². The van der Waals surface area contributed by atoms with E-state index in [0.29, 0.717) is 0 Å². The van der Waals surface area contributed by atoms with E-state index >= 15 is 0 Å². The quantitative estimate of drug-likeness (QED) is 0.310. The Labute approximate surface area is 170 Å². The Bertz CT molecular complexity index is 1500. The average molecular weight is 396 g/mol. The second-order valence-corrected chi connectivity index (χ2v) is 9.25. The van der Waals surface area contributed by atoms with Crippen molar-refractivity contribution in [3.05, 3.63) is 84.4 Å². The van der Waals surface area contributed by atoms with Gasteiger partial charge in [-0.05, 0) is 36.8 Å². The number of hydrogen-bond acceptors (Lipinski definition) is 3. The first-order valence-corrected chi connectivity index (χ1v) is 11.0. The number of aryl methyl sites for hydroxylation is 1. The van der Waals surface area contributed by atoms with Crippen molar-refractivity contribution in [1.82, 2.24) is 0 Å². The topological polar surface area (TPSA) is 12.0 Å². The minimum atomic E-state index is 1.17. The van der Waals surface area contributed by atoms with Gasteiger partial charge in [-0.2, -0.15) is 0 Å². The third kappa shape index (κ3) is 2.30. The molecule has 4 aromatic carbocycles. The van der Waals surface area contributed by atoms with Crippen molar-refractivity contribution < 1.29 is 0 Å². The van der Waals surface area contributed by atoms with Crippen LogP contribution in [0.4, 0.5) is 11.4 Å². The molecule has 0 unspecified atom stereocenters. The molecule has 0 spiro atoms. The maximum Gasteiger partial charge on any atom is 0.0605 e. The highest BCUT2D eigenvalue weighted by atomic mass is 32.1. The first-order valence-electron chi connectivity index (χ1n) is 9.38. The molecule has 2 heterocycles. The van der Waals surface area contributed by atoms with E-state index < -0.39 is 0 Å². The van der Waals surface area contributed by atoms with Crippen LogP contribution in [0.25, 0.3) is 40.3 Å². The van der Waals surface area contributed by atoms with Gasteiger partial charge in [0, 0.05) is 41.3 Å². The summed E-state index contributed by atoms with van der Waals surface area (Å²) in [7, 11) is 0. The Kier molecular flexibility index (Phi) is 3.49. The normalized spacial score (nSPS) is 11.8. The molecule has 6 aromatic rings. The molecule has 0 fully saturated rings. The van der Waals surface area contributed by atoms with Gasteiger partial charge in [0.15, 0.2) is 0 Å². The third-order valence-electron chi connectivity index (χ3n) is 5.40. The third-order valence-corrected chi connectivity index (χ3v) is 7.81. The maximum atomic E-state index is 3.74. The molecule has 0 aliphatic rings. The lowest BCUT2D eigenvalue weighted by molar-refractivity contribution is 1.44. The summed E-state index contributed by atoms with van der Waals surface area (Å²) in [6, 6.07) is 28.4. The van der Waals surface area contributed by atoms with Gasteiger partial charge in [-0.15, -0.1) is 22.7 Å². The van der Waals surface area contributed by atoms with Gasteiger partial charge in [0.05, 0.1) is 10.4 Å². The molecule has 134 valence electrons. The standard InChI is InChI=1S/C25H17NS2/c1-15-8-2-5-11-19(15)26-20-14-18-16-9-3-6-12-21(16)27-24(18)23-17-10-4-7-13-22(17)28-25(20)23/h2-14,26H,1H3. The molecule has 0 bridgehead atoms. The molecule has 1 nitrogen and oxygen atoms in total. The molecule has 0 aliphatic heterocycles. The van der Waals surface area contributed by atoms with Crippen LogP contribution < -0.4 is 5.32 Å². The van der Waals surface area contributed by atoms with Gasteiger partial charge in [-0.25, -0.2) is 0 Å². The van der Waals surface area contributed by atoms with E-state index in [1.165, 1.54) is 57.3 Å². The number of para-hydroxylation sites is 1. The van der Waals surface area contributed by atoms with E-state index in [9.17, 15) is 0 Å². The summed E-state index contributed by atoms with van der Waals surface area (Å²) in [5.41, 5.74) is 3.62. The summed E-state index contributed by atoms with van der Waals surface area (Å²) in [5.74, 6) is 0. The molecule has 0 aliphatic carbocycles. The smallest absolute Gasteiger partial charge is 0.0605 e.